The predicted octanol–water partition coefficient (Wildman–Crippen LogP) is -1.51. The van der Waals surface area contributed by atoms with Gasteiger partial charge >= 0.3 is 5.97 Å². The van der Waals surface area contributed by atoms with Crippen molar-refractivity contribution in [3.63, 3.8) is 0 Å². The van der Waals surface area contributed by atoms with E-state index in [9.17, 15) is 24.3 Å². The minimum absolute atomic E-state index is 0.0736. The lowest BCUT2D eigenvalue weighted by atomic mass is 10.0. The lowest BCUT2D eigenvalue weighted by molar-refractivity contribution is -0.149. The van der Waals surface area contributed by atoms with Crippen molar-refractivity contribution in [3.05, 3.63) is 0 Å². The number of carboxylic acid groups (broad SMARTS) is 1. The van der Waals surface area contributed by atoms with Crippen LogP contribution in [0.15, 0.2) is 4.99 Å². The lowest BCUT2D eigenvalue weighted by Gasteiger charge is -2.30. The summed E-state index contributed by atoms with van der Waals surface area (Å²) >= 11 is 0. The van der Waals surface area contributed by atoms with E-state index in [1.807, 2.05) is 13.8 Å². The van der Waals surface area contributed by atoms with Crippen LogP contribution in [-0.2, 0) is 19.2 Å². The SMILES string of the molecule is CC(C)C(NC(=O)C1CCCN1)C(=O)NC(CCCN=C(N)N)C(=O)N1CCCC1C(=O)O. The molecule has 186 valence electrons. The van der Waals surface area contributed by atoms with Crippen LogP contribution in [0.2, 0.25) is 0 Å². The van der Waals surface area contributed by atoms with Crippen molar-refractivity contribution in [2.45, 2.75) is 76.5 Å². The standard InChI is InChI=1S/C21H37N7O5/c1-12(2)16(27-17(29)13-6-3-9-24-13)18(30)26-14(7-4-10-25-21(22)23)19(31)28-11-5-8-15(28)20(32)33/h12-16,24H,3-11H2,1-2H3,(H,26,30)(H,27,29)(H,32,33)(H4,22,23,25). The maximum absolute atomic E-state index is 13.2. The molecule has 12 heteroatoms. The van der Waals surface area contributed by atoms with E-state index in [-0.39, 0.29) is 36.8 Å². The van der Waals surface area contributed by atoms with Crippen molar-refractivity contribution in [2.24, 2.45) is 22.4 Å². The van der Waals surface area contributed by atoms with Crippen LogP contribution in [-0.4, -0.2) is 83.5 Å². The predicted molar refractivity (Wildman–Crippen MR) is 122 cm³/mol. The molecule has 33 heavy (non-hydrogen) atoms. The molecule has 2 aliphatic heterocycles. The Kier molecular flexibility index (Phi) is 9.89. The number of carbonyl (C=O) groups excluding carboxylic acids is 3. The van der Waals surface area contributed by atoms with Gasteiger partial charge in [-0.25, -0.2) is 4.79 Å². The van der Waals surface area contributed by atoms with Crippen LogP contribution >= 0.6 is 0 Å². The highest BCUT2D eigenvalue weighted by molar-refractivity contribution is 5.94. The zero-order valence-electron chi connectivity index (χ0n) is 19.4. The number of rotatable bonds is 11. The van der Waals surface area contributed by atoms with E-state index >= 15 is 0 Å². The first kappa shape index (κ1) is 26.4. The lowest BCUT2D eigenvalue weighted by Crippen LogP contribution is -2.58. The summed E-state index contributed by atoms with van der Waals surface area (Å²) in [5.74, 6) is -2.54. The number of nitrogens with two attached hydrogens (primary N) is 2. The molecule has 0 spiro atoms. The van der Waals surface area contributed by atoms with Gasteiger partial charge in [0.15, 0.2) is 5.96 Å². The van der Waals surface area contributed by atoms with Gasteiger partial charge in [-0.05, 0) is 51.0 Å². The molecule has 2 saturated heterocycles. The maximum Gasteiger partial charge on any atom is 0.326 e. The van der Waals surface area contributed by atoms with Crippen LogP contribution in [0.1, 0.15) is 52.4 Å². The molecule has 0 aromatic carbocycles. The minimum atomic E-state index is -1.07. The van der Waals surface area contributed by atoms with Crippen molar-refractivity contribution >= 4 is 29.7 Å². The zero-order valence-corrected chi connectivity index (χ0v) is 19.4. The summed E-state index contributed by atoms with van der Waals surface area (Å²) in [4.78, 5) is 55.7. The fraction of sp³-hybridized carbons (Fsp3) is 0.762. The second-order valence-electron chi connectivity index (χ2n) is 8.92. The maximum atomic E-state index is 13.2. The molecule has 2 heterocycles. The van der Waals surface area contributed by atoms with Crippen LogP contribution in [0.25, 0.3) is 0 Å². The molecule has 0 radical (unpaired) electrons. The van der Waals surface area contributed by atoms with Gasteiger partial charge in [0.05, 0.1) is 6.04 Å². The van der Waals surface area contributed by atoms with Crippen molar-refractivity contribution in [2.75, 3.05) is 19.6 Å². The van der Waals surface area contributed by atoms with E-state index in [1.165, 1.54) is 4.90 Å². The Hall–Kier alpha value is -2.89. The second kappa shape index (κ2) is 12.4. The summed E-state index contributed by atoms with van der Waals surface area (Å²) in [6.07, 6.45) is 3.18. The number of nitrogens with zero attached hydrogens (tertiary/aromatic N) is 2. The molecule has 8 N–H and O–H groups in total. The molecule has 2 fully saturated rings. The van der Waals surface area contributed by atoms with Crippen molar-refractivity contribution in [1.82, 2.24) is 20.9 Å². The summed E-state index contributed by atoms with van der Waals surface area (Å²) in [5.41, 5.74) is 10.7. The number of aliphatic carboxylic acids is 1. The molecule has 0 aromatic rings. The van der Waals surface area contributed by atoms with Gasteiger partial charge < -0.3 is 37.4 Å². The van der Waals surface area contributed by atoms with Crippen molar-refractivity contribution in [3.8, 4) is 0 Å². The first-order valence-electron chi connectivity index (χ1n) is 11.5. The number of carboxylic acids is 1. The smallest absolute Gasteiger partial charge is 0.326 e. The number of hydrogen-bond acceptors (Lipinski definition) is 6. The van der Waals surface area contributed by atoms with Gasteiger partial charge in [0.2, 0.25) is 17.7 Å². The quantitative estimate of drug-likeness (QED) is 0.120. The van der Waals surface area contributed by atoms with Gasteiger partial charge in [0, 0.05) is 13.1 Å². The number of amides is 3. The molecule has 4 atom stereocenters. The Bertz CT molecular complexity index is 747. The molecule has 3 amide bonds. The molecule has 0 saturated carbocycles. The van der Waals surface area contributed by atoms with Crippen LogP contribution in [0.5, 0.6) is 0 Å². The van der Waals surface area contributed by atoms with Crippen molar-refractivity contribution in [1.29, 1.82) is 0 Å². The first-order chi connectivity index (χ1) is 15.6. The molecular weight excluding hydrogens is 430 g/mol. The molecule has 0 aliphatic carbocycles. The highest BCUT2D eigenvalue weighted by Crippen LogP contribution is 2.20. The second-order valence-corrected chi connectivity index (χ2v) is 8.92. The summed E-state index contributed by atoms with van der Waals surface area (Å²) in [7, 11) is 0. The van der Waals surface area contributed by atoms with Gasteiger partial charge in [-0.1, -0.05) is 13.8 Å². The van der Waals surface area contributed by atoms with E-state index in [4.69, 9.17) is 11.5 Å². The average Bonchev–Trinajstić information content (AvgIpc) is 3.45. The van der Waals surface area contributed by atoms with Crippen LogP contribution in [0.3, 0.4) is 0 Å². The third kappa shape index (κ3) is 7.58. The van der Waals surface area contributed by atoms with Gasteiger partial charge in [-0.15, -0.1) is 0 Å². The van der Waals surface area contributed by atoms with Gasteiger partial charge in [0.1, 0.15) is 18.1 Å². The number of likely N-dealkylation sites (tertiary alicyclic amines) is 1. The van der Waals surface area contributed by atoms with Crippen LogP contribution in [0, 0.1) is 5.92 Å². The van der Waals surface area contributed by atoms with Crippen LogP contribution < -0.4 is 27.4 Å². The summed E-state index contributed by atoms with van der Waals surface area (Å²) in [5, 5.41) is 18.1. The Morgan fingerprint density at radius 1 is 1.15 bits per heavy atom. The molecule has 4 unspecified atom stereocenters. The van der Waals surface area contributed by atoms with Gasteiger partial charge in [-0.2, -0.15) is 0 Å². The highest BCUT2D eigenvalue weighted by Gasteiger charge is 2.38. The Labute approximate surface area is 193 Å². The average molecular weight is 468 g/mol. The number of hydrogen-bond donors (Lipinski definition) is 6. The third-order valence-electron chi connectivity index (χ3n) is 6.00. The summed E-state index contributed by atoms with van der Waals surface area (Å²) in [6.45, 7) is 4.95. The first-order valence-corrected chi connectivity index (χ1v) is 11.5. The summed E-state index contributed by atoms with van der Waals surface area (Å²) in [6, 6.07) is -3.03. The summed E-state index contributed by atoms with van der Waals surface area (Å²) < 4.78 is 0. The monoisotopic (exact) mass is 467 g/mol. The van der Waals surface area contributed by atoms with Gasteiger partial charge in [0.25, 0.3) is 0 Å². The highest BCUT2D eigenvalue weighted by atomic mass is 16.4. The molecule has 0 aromatic heterocycles. The topological polar surface area (TPSA) is 192 Å². The van der Waals surface area contributed by atoms with Gasteiger partial charge in [-0.3, -0.25) is 19.4 Å². The minimum Gasteiger partial charge on any atom is -0.480 e. The largest absolute Gasteiger partial charge is 0.480 e. The van der Waals surface area contributed by atoms with E-state index in [0.29, 0.717) is 32.2 Å². The number of nitrogens with one attached hydrogen (secondary N) is 3. The Morgan fingerprint density at radius 3 is 2.45 bits per heavy atom. The number of guanidine groups is 1. The Balaban J connectivity index is 2.11. The Morgan fingerprint density at radius 2 is 1.88 bits per heavy atom. The van der Waals surface area contributed by atoms with E-state index < -0.39 is 35.9 Å². The van der Waals surface area contributed by atoms with E-state index in [2.05, 4.69) is 20.9 Å². The normalized spacial score (nSPS) is 22.0. The van der Waals surface area contributed by atoms with E-state index in [0.717, 1.165) is 13.0 Å². The molecule has 0 bridgehead atoms. The molecule has 2 rings (SSSR count). The molecular formula is C21H37N7O5. The zero-order chi connectivity index (χ0) is 24.5. The molecule has 2 aliphatic rings. The fourth-order valence-electron chi connectivity index (χ4n) is 4.21. The number of carbonyl (C=O) groups is 4. The van der Waals surface area contributed by atoms with Crippen molar-refractivity contribution < 1.29 is 24.3 Å². The molecule has 12 nitrogen and oxygen atoms in total. The van der Waals surface area contributed by atoms with E-state index in [1.54, 1.807) is 0 Å². The third-order valence-corrected chi connectivity index (χ3v) is 6.00. The fourth-order valence-corrected chi connectivity index (χ4v) is 4.21. The van der Waals surface area contributed by atoms with Crippen LogP contribution in [0.4, 0.5) is 0 Å². The number of aliphatic imine (C=N–C) groups is 1.